The van der Waals surface area contributed by atoms with Gasteiger partial charge in [0.05, 0.1) is 13.2 Å². The van der Waals surface area contributed by atoms with Crippen LogP contribution in [0.25, 0.3) is 0 Å². The maximum Gasteiger partial charge on any atom is 1.00 e. The largest absolute Gasteiger partial charge is 1.00 e. The van der Waals surface area contributed by atoms with E-state index in [0.717, 1.165) is 0 Å². The van der Waals surface area contributed by atoms with Crippen molar-refractivity contribution in [2.24, 2.45) is 0 Å². The van der Waals surface area contributed by atoms with Crippen molar-refractivity contribution in [1.29, 1.82) is 0 Å². The summed E-state index contributed by atoms with van der Waals surface area (Å²) in [7, 11) is -4.62. The molecule has 0 saturated carbocycles. The molecule has 1 saturated heterocycles. The molecule has 3 atom stereocenters. The fraction of sp³-hybridized carbons (Fsp3) is 1.00. The summed E-state index contributed by atoms with van der Waals surface area (Å²) in [4.78, 5) is 18.4. The molecule has 1 N–H and O–H groups in total. The van der Waals surface area contributed by atoms with Crippen molar-refractivity contribution in [2.75, 3.05) is 13.2 Å². The van der Waals surface area contributed by atoms with E-state index < -0.39 is 13.9 Å². The van der Waals surface area contributed by atoms with Gasteiger partial charge in [0.1, 0.15) is 6.10 Å². The third kappa shape index (κ3) is 6.70. The Morgan fingerprint density at radius 1 is 1.77 bits per heavy atom. The van der Waals surface area contributed by atoms with Gasteiger partial charge in [-0.05, 0) is 6.92 Å². The molecule has 0 aromatic heterocycles. The Kier molecular flexibility index (Phi) is 7.10. The van der Waals surface area contributed by atoms with E-state index in [2.05, 4.69) is 4.52 Å². The Morgan fingerprint density at radius 3 is 2.77 bits per heavy atom. The molecule has 0 amide bonds. The molecular formula is C5H10KO6P. The molecule has 1 heterocycles. The normalized spacial score (nSPS) is 32.2. The Hall–Kier alpha value is 1.67. The molecule has 0 radical (unpaired) electrons. The van der Waals surface area contributed by atoms with Crippen LogP contribution in [-0.4, -0.2) is 30.5 Å². The van der Waals surface area contributed by atoms with Gasteiger partial charge in [-0.2, -0.15) is 0 Å². The van der Waals surface area contributed by atoms with E-state index >= 15 is 0 Å². The van der Waals surface area contributed by atoms with Crippen LogP contribution >= 0.6 is 7.82 Å². The first-order chi connectivity index (χ1) is 5.47. The smallest absolute Gasteiger partial charge is 0.756 e. The molecule has 0 aromatic rings. The van der Waals surface area contributed by atoms with Crippen LogP contribution in [0.5, 0.6) is 0 Å². The van der Waals surface area contributed by atoms with Gasteiger partial charge in [-0.25, -0.2) is 0 Å². The predicted molar refractivity (Wildman–Crippen MR) is 36.1 cm³/mol. The molecule has 8 heteroatoms. The summed E-state index contributed by atoms with van der Waals surface area (Å²) in [5.41, 5.74) is 0. The van der Waals surface area contributed by atoms with Crippen molar-refractivity contribution in [3.63, 3.8) is 0 Å². The zero-order valence-corrected chi connectivity index (χ0v) is 11.5. The van der Waals surface area contributed by atoms with E-state index in [1.165, 1.54) is 0 Å². The van der Waals surface area contributed by atoms with E-state index in [1.54, 1.807) is 6.92 Å². The van der Waals surface area contributed by atoms with Gasteiger partial charge in [0.15, 0.2) is 6.29 Å². The van der Waals surface area contributed by atoms with Crippen molar-refractivity contribution < 1.29 is 79.7 Å². The van der Waals surface area contributed by atoms with Gasteiger partial charge in [-0.15, -0.1) is 0 Å². The molecule has 72 valence electrons. The quantitative estimate of drug-likeness (QED) is 0.400. The van der Waals surface area contributed by atoms with Crippen molar-refractivity contribution in [3.8, 4) is 0 Å². The van der Waals surface area contributed by atoms with Crippen molar-refractivity contribution in [2.45, 2.75) is 19.3 Å². The Morgan fingerprint density at radius 2 is 2.38 bits per heavy atom. The summed E-state index contributed by atoms with van der Waals surface area (Å²) in [6.07, 6.45) is -0.766. The fourth-order valence-corrected chi connectivity index (χ4v) is 1.21. The molecule has 13 heavy (non-hydrogen) atoms. The summed E-state index contributed by atoms with van der Waals surface area (Å²) < 4.78 is 24.2. The molecule has 1 fully saturated rings. The molecular weight excluding hydrogens is 226 g/mol. The summed E-state index contributed by atoms with van der Waals surface area (Å²) >= 11 is 0. The standard InChI is InChI=1S/C5H11O6P.K/c1-4-9-2-5(11-4)3-10-12(6,7)8;/h4-5H,2-3H2,1H3,(H2,6,7,8);/q;+1/p-1/t4-,5-;/m1./s1. The van der Waals surface area contributed by atoms with Crippen LogP contribution in [0, 0.1) is 0 Å². The zero-order chi connectivity index (χ0) is 9.19. The first-order valence-electron chi connectivity index (χ1n) is 3.43. The molecule has 1 aliphatic rings. The number of phosphoric acid groups is 1. The number of ether oxygens (including phenoxy) is 2. The van der Waals surface area contributed by atoms with Gasteiger partial charge in [0.2, 0.25) is 0 Å². The minimum Gasteiger partial charge on any atom is -0.756 e. The number of hydrogen-bond donors (Lipinski definition) is 1. The zero-order valence-electron chi connectivity index (χ0n) is 7.50. The van der Waals surface area contributed by atoms with Crippen LogP contribution in [0.2, 0.25) is 0 Å². The van der Waals surface area contributed by atoms with Crippen molar-refractivity contribution in [1.82, 2.24) is 0 Å². The first-order valence-corrected chi connectivity index (χ1v) is 4.92. The molecule has 0 spiro atoms. The number of rotatable bonds is 3. The maximum absolute atomic E-state index is 10.1. The van der Waals surface area contributed by atoms with E-state index in [9.17, 15) is 9.46 Å². The second-order valence-corrected chi connectivity index (χ2v) is 3.62. The average molecular weight is 236 g/mol. The second-order valence-electron chi connectivity index (χ2n) is 2.42. The van der Waals surface area contributed by atoms with Crippen LogP contribution in [0.4, 0.5) is 0 Å². The summed E-state index contributed by atoms with van der Waals surface area (Å²) in [5.74, 6) is 0. The van der Waals surface area contributed by atoms with Gasteiger partial charge >= 0.3 is 51.4 Å². The van der Waals surface area contributed by atoms with Gasteiger partial charge in [0, 0.05) is 0 Å². The SMILES string of the molecule is C[C@@H]1OC[C@H](COP(=O)([O-])O)O1.[K+]. The van der Waals surface area contributed by atoms with Crippen molar-refractivity contribution in [3.05, 3.63) is 0 Å². The van der Waals surface area contributed by atoms with Crippen LogP contribution in [-0.2, 0) is 18.6 Å². The Bertz CT molecular complexity index is 193. The van der Waals surface area contributed by atoms with Gasteiger partial charge in [-0.3, -0.25) is 4.57 Å². The van der Waals surface area contributed by atoms with E-state index in [-0.39, 0.29) is 70.9 Å². The third-order valence-corrected chi connectivity index (χ3v) is 1.80. The molecule has 1 unspecified atom stereocenters. The Labute approximate surface area is 119 Å². The van der Waals surface area contributed by atoms with Crippen LogP contribution in [0.3, 0.4) is 0 Å². The summed E-state index contributed by atoms with van der Waals surface area (Å²) in [6.45, 7) is 1.76. The monoisotopic (exact) mass is 236 g/mol. The number of hydrogen-bond acceptors (Lipinski definition) is 5. The third-order valence-electron chi connectivity index (χ3n) is 1.32. The van der Waals surface area contributed by atoms with Gasteiger partial charge in [-0.1, -0.05) is 0 Å². The molecule has 1 rings (SSSR count). The predicted octanol–water partition coefficient (Wildman–Crippen LogP) is -3.77. The summed E-state index contributed by atoms with van der Waals surface area (Å²) in [6, 6.07) is 0. The minimum atomic E-state index is -4.62. The van der Waals surface area contributed by atoms with E-state index in [4.69, 9.17) is 14.4 Å². The summed E-state index contributed by atoms with van der Waals surface area (Å²) in [5, 5.41) is 0. The van der Waals surface area contributed by atoms with E-state index in [1.807, 2.05) is 0 Å². The van der Waals surface area contributed by atoms with Crippen molar-refractivity contribution >= 4 is 7.82 Å². The van der Waals surface area contributed by atoms with Crippen LogP contribution in [0.1, 0.15) is 6.92 Å². The average Bonchev–Trinajstić information content (AvgIpc) is 2.30. The molecule has 0 aromatic carbocycles. The maximum atomic E-state index is 10.1. The molecule has 0 aliphatic carbocycles. The molecule has 6 nitrogen and oxygen atoms in total. The van der Waals surface area contributed by atoms with Crippen LogP contribution < -0.4 is 56.3 Å². The topological polar surface area (TPSA) is 88.1 Å². The minimum absolute atomic E-state index is 0. The van der Waals surface area contributed by atoms with Gasteiger partial charge < -0.3 is 23.8 Å². The molecule has 1 aliphatic heterocycles. The number of phosphoric ester groups is 1. The fourth-order valence-electron chi connectivity index (χ4n) is 0.857. The van der Waals surface area contributed by atoms with Crippen LogP contribution in [0.15, 0.2) is 0 Å². The molecule has 0 bridgehead atoms. The first kappa shape index (κ1) is 14.7. The Balaban J connectivity index is 0.00000144. The van der Waals surface area contributed by atoms with E-state index in [0.29, 0.717) is 0 Å². The second kappa shape index (κ2) is 6.29. The van der Waals surface area contributed by atoms with Gasteiger partial charge in [0.25, 0.3) is 7.82 Å².